The van der Waals surface area contributed by atoms with Crippen LogP contribution in [0.1, 0.15) is 181 Å². The van der Waals surface area contributed by atoms with E-state index in [1.54, 1.807) is 6.08 Å². The Bertz CT molecular complexity index is 1370. The fourth-order valence-electron chi connectivity index (χ4n) is 7.30. The van der Waals surface area contributed by atoms with Gasteiger partial charge < -0.3 is 45.1 Å². The molecule has 1 saturated heterocycles. The van der Waals surface area contributed by atoms with Gasteiger partial charge in [0, 0.05) is 6.42 Å². The van der Waals surface area contributed by atoms with Gasteiger partial charge in [-0.2, -0.15) is 0 Å². The second-order valence-electron chi connectivity index (χ2n) is 17.3. The predicted molar refractivity (Wildman–Crippen MR) is 264 cm³/mol. The minimum absolute atomic E-state index is 0.00854. The van der Waals surface area contributed by atoms with Gasteiger partial charge in [-0.3, -0.25) is 9.59 Å². The summed E-state index contributed by atoms with van der Waals surface area (Å²) in [5.41, 5.74) is 0. The Morgan fingerprint density at radius 2 is 1.17 bits per heavy atom. The minimum atomic E-state index is -1.64. The van der Waals surface area contributed by atoms with E-state index in [1.165, 1.54) is 77.0 Å². The number of carbonyl (C=O) groups is 2. The number of aliphatic hydroxyl groups excluding tert-OH is 5. The van der Waals surface area contributed by atoms with E-state index >= 15 is 0 Å². The van der Waals surface area contributed by atoms with Crippen molar-refractivity contribution in [2.24, 2.45) is 0 Å². The molecular formula is C54H91NO10. The molecule has 1 rings (SSSR count). The van der Waals surface area contributed by atoms with Gasteiger partial charge in [-0.1, -0.05) is 196 Å². The highest BCUT2D eigenvalue weighted by Gasteiger charge is 2.47. The number of hydrogen-bond acceptors (Lipinski definition) is 10. The highest BCUT2D eigenvalue weighted by Crippen LogP contribution is 2.26. The van der Waals surface area contributed by atoms with Crippen LogP contribution in [-0.2, 0) is 23.8 Å². The van der Waals surface area contributed by atoms with Crippen molar-refractivity contribution >= 4 is 11.9 Å². The molecule has 65 heavy (non-hydrogen) atoms. The van der Waals surface area contributed by atoms with Crippen LogP contribution in [0, 0.1) is 0 Å². The van der Waals surface area contributed by atoms with Crippen molar-refractivity contribution in [3.8, 4) is 0 Å². The first kappa shape index (κ1) is 59.9. The molecule has 8 unspecified atom stereocenters. The quantitative estimate of drug-likeness (QED) is 0.0150. The van der Waals surface area contributed by atoms with Crippen LogP contribution in [0.15, 0.2) is 85.1 Å². The van der Waals surface area contributed by atoms with Gasteiger partial charge in [0.05, 0.1) is 25.4 Å². The Labute approximate surface area is 393 Å². The van der Waals surface area contributed by atoms with Gasteiger partial charge in [0.25, 0.3) is 0 Å². The lowest BCUT2D eigenvalue weighted by atomic mass is 9.99. The first-order chi connectivity index (χ1) is 31.7. The fourth-order valence-corrected chi connectivity index (χ4v) is 7.30. The topological polar surface area (TPSA) is 175 Å². The zero-order chi connectivity index (χ0) is 47.6. The molecule has 0 aliphatic carbocycles. The molecule has 1 heterocycles. The van der Waals surface area contributed by atoms with Crippen molar-refractivity contribution in [2.75, 3.05) is 13.2 Å². The van der Waals surface area contributed by atoms with Crippen molar-refractivity contribution < 1.29 is 49.3 Å². The normalized spacial score (nSPS) is 21.0. The maximum Gasteiger partial charge on any atom is 0.306 e. The van der Waals surface area contributed by atoms with Crippen LogP contribution >= 0.6 is 0 Å². The number of carbonyl (C=O) groups excluding carboxylic acids is 2. The van der Waals surface area contributed by atoms with Crippen LogP contribution in [0.2, 0.25) is 0 Å². The van der Waals surface area contributed by atoms with E-state index in [1.807, 2.05) is 60.8 Å². The van der Waals surface area contributed by atoms with Crippen molar-refractivity contribution in [2.45, 2.75) is 230 Å². The summed E-state index contributed by atoms with van der Waals surface area (Å²) in [5, 5.41) is 56.4. The Morgan fingerprint density at radius 3 is 1.78 bits per heavy atom. The molecule has 0 aromatic rings. The van der Waals surface area contributed by atoms with Gasteiger partial charge >= 0.3 is 5.97 Å². The van der Waals surface area contributed by atoms with Crippen LogP contribution in [0.3, 0.4) is 0 Å². The summed E-state index contributed by atoms with van der Waals surface area (Å²) in [6.45, 7) is 5.52. The van der Waals surface area contributed by atoms with E-state index in [4.69, 9.17) is 14.2 Å². The van der Waals surface area contributed by atoms with E-state index in [9.17, 15) is 35.1 Å². The van der Waals surface area contributed by atoms with Crippen molar-refractivity contribution in [3.63, 3.8) is 0 Å². The average Bonchev–Trinajstić information content (AvgIpc) is 3.30. The fraction of sp³-hybridized carbons (Fsp3) is 0.704. The maximum atomic E-state index is 13.3. The van der Waals surface area contributed by atoms with Gasteiger partial charge in [0.2, 0.25) is 5.91 Å². The lowest BCUT2D eigenvalue weighted by Crippen LogP contribution is -2.61. The van der Waals surface area contributed by atoms with Crippen LogP contribution in [-0.4, -0.2) is 99.6 Å². The van der Waals surface area contributed by atoms with Crippen molar-refractivity contribution in [1.29, 1.82) is 0 Å². The third-order valence-electron chi connectivity index (χ3n) is 11.4. The molecule has 11 heteroatoms. The summed E-state index contributed by atoms with van der Waals surface area (Å²) in [4.78, 5) is 26.2. The maximum absolute atomic E-state index is 13.3. The highest BCUT2D eigenvalue weighted by molar-refractivity contribution is 5.80. The molecule has 0 radical (unpaired) electrons. The van der Waals surface area contributed by atoms with Gasteiger partial charge in [0.1, 0.15) is 24.4 Å². The lowest BCUT2D eigenvalue weighted by molar-refractivity contribution is -0.305. The number of hydrogen-bond donors (Lipinski definition) is 6. The molecule has 8 atom stereocenters. The van der Waals surface area contributed by atoms with Gasteiger partial charge in [-0.15, -0.1) is 0 Å². The van der Waals surface area contributed by atoms with Crippen LogP contribution in [0.4, 0.5) is 0 Å². The SMILES string of the molecule is CC/C=C/C=C/C=C\C=C/CCCCC(O)C(=O)NC(COC1OC(CO)C(O)C(O)C1OC(=O)CC/C=C/C/C=C\CCCCCCCC)C(O)/C=C/CCCCCCCCCCC. The van der Waals surface area contributed by atoms with E-state index in [0.29, 0.717) is 12.8 Å². The molecule has 1 amide bonds. The lowest BCUT2D eigenvalue weighted by Gasteiger charge is -2.41. The second-order valence-corrected chi connectivity index (χ2v) is 17.3. The largest absolute Gasteiger partial charge is 0.454 e. The zero-order valence-corrected chi connectivity index (χ0v) is 40.6. The average molecular weight is 914 g/mol. The molecule has 1 aliphatic heterocycles. The standard InChI is InChI=1S/C54H91NO10/c1-4-7-10-13-16-19-22-24-27-30-33-36-39-42-49(59)65-52-51(61)50(60)48(43-56)64-54(52)63-44-45(46(57)40-37-34-31-28-25-21-18-15-12-9-6-3)55-53(62)47(58)41-38-35-32-29-26-23-20-17-14-11-8-5-2/h8,11,14,17,20,23-24,26-27,29,33,36-37,40,45-48,50-52,54,56-58,60-61H,4-7,9-10,12-13,15-16,18-19,21-22,25,28,30-32,34-35,38-39,41-44H2,1-3H3,(H,55,62)/b11-8+,17-14+,23-20-,27-24-,29-26-,36-33+,40-37+. The molecule has 0 aromatic carbocycles. The van der Waals surface area contributed by atoms with E-state index in [0.717, 1.165) is 57.8 Å². The van der Waals surface area contributed by atoms with Crippen LogP contribution < -0.4 is 5.32 Å². The number of rotatable bonds is 40. The summed E-state index contributed by atoms with van der Waals surface area (Å²) in [6, 6.07) is -1.06. The third-order valence-corrected chi connectivity index (χ3v) is 11.4. The molecule has 372 valence electrons. The Morgan fingerprint density at radius 1 is 0.631 bits per heavy atom. The number of unbranched alkanes of at least 4 members (excludes halogenated alkanes) is 17. The first-order valence-electron chi connectivity index (χ1n) is 25.4. The number of nitrogens with one attached hydrogen (secondary N) is 1. The highest BCUT2D eigenvalue weighted by atomic mass is 16.7. The molecule has 6 N–H and O–H groups in total. The first-order valence-corrected chi connectivity index (χ1v) is 25.4. The molecule has 0 spiro atoms. The summed E-state index contributed by atoms with van der Waals surface area (Å²) < 4.78 is 17.4. The zero-order valence-electron chi connectivity index (χ0n) is 40.6. The number of aliphatic hydroxyl groups is 5. The molecule has 1 aliphatic rings. The van der Waals surface area contributed by atoms with Gasteiger partial charge in [-0.05, 0) is 64.2 Å². The predicted octanol–water partition coefficient (Wildman–Crippen LogP) is 10.3. The van der Waals surface area contributed by atoms with Crippen molar-refractivity contribution in [3.05, 3.63) is 85.1 Å². The molecular weight excluding hydrogens is 823 g/mol. The number of allylic oxidation sites excluding steroid dienone is 13. The monoisotopic (exact) mass is 914 g/mol. The number of esters is 1. The van der Waals surface area contributed by atoms with Crippen LogP contribution in [0.5, 0.6) is 0 Å². The molecule has 0 bridgehead atoms. The number of ether oxygens (including phenoxy) is 3. The summed E-state index contributed by atoms with van der Waals surface area (Å²) in [6.07, 6.45) is 42.3. The summed E-state index contributed by atoms with van der Waals surface area (Å²) >= 11 is 0. The smallest absolute Gasteiger partial charge is 0.306 e. The Balaban J connectivity index is 2.86. The Kier molecular flexibility index (Phi) is 38.9. The molecule has 1 fully saturated rings. The van der Waals surface area contributed by atoms with E-state index < -0.39 is 67.4 Å². The summed E-state index contributed by atoms with van der Waals surface area (Å²) in [7, 11) is 0. The van der Waals surface area contributed by atoms with Crippen LogP contribution in [0.25, 0.3) is 0 Å². The van der Waals surface area contributed by atoms with Crippen molar-refractivity contribution in [1.82, 2.24) is 5.32 Å². The van der Waals surface area contributed by atoms with E-state index in [-0.39, 0.29) is 19.4 Å². The number of amides is 1. The Hall–Kier alpha value is -3.16. The molecule has 0 aromatic heterocycles. The second kappa shape index (κ2) is 42.2. The van der Waals surface area contributed by atoms with Gasteiger partial charge in [-0.25, -0.2) is 0 Å². The third kappa shape index (κ3) is 31.4. The molecule has 11 nitrogen and oxygen atoms in total. The van der Waals surface area contributed by atoms with E-state index in [2.05, 4.69) is 44.3 Å². The summed E-state index contributed by atoms with van der Waals surface area (Å²) in [5.74, 6) is -1.32. The molecule has 0 saturated carbocycles. The van der Waals surface area contributed by atoms with Gasteiger partial charge in [0.15, 0.2) is 12.4 Å². The minimum Gasteiger partial charge on any atom is -0.454 e.